The van der Waals surface area contributed by atoms with Gasteiger partial charge in [-0.3, -0.25) is 4.79 Å². The van der Waals surface area contributed by atoms with Gasteiger partial charge in [0, 0.05) is 23.0 Å². The van der Waals surface area contributed by atoms with Gasteiger partial charge in [0.2, 0.25) is 5.91 Å². The van der Waals surface area contributed by atoms with E-state index >= 15 is 0 Å². The number of aromatic amines is 1. The van der Waals surface area contributed by atoms with Crippen molar-refractivity contribution < 1.29 is 14.7 Å². The van der Waals surface area contributed by atoms with Crippen molar-refractivity contribution in [2.45, 2.75) is 26.7 Å². The van der Waals surface area contributed by atoms with Gasteiger partial charge in [0.1, 0.15) is 5.69 Å². The average molecular weight is 288 g/mol. The number of hydrogen-bond acceptors (Lipinski definition) is 2. The lowest BCUT2D eigenvalue weighted by atomic mass is 10.1. The van der Waals surface area contributed by atoms with Crippen molar-refractivity contribution in [3.63, 3.8) is 0 Å². The fourth-order valence-electron chi connectivity index (χ4n) is 2.29. The number of rotatable bonds is 6. The molecule has 2 rings (SSSR count). The number of fused-ring (bicyclic) bond motifs is 1. The van der Waals surface area contributed by atoms with E-state index in [1.54, 1.807) is 0 Å². The third-order valence-corrected chi connectivity index (χ3v) is 3.41. The summed E-state index contributed by atoms with van der Waals surface area (Å²) in [5.74, 6) is -0.674. The maximum atomic E-state index is 12.0. The third kappa shape index (κ3) is 3.62. The molecule has 0 unspecified atom stereocenters. The van der Waals surface area contributed by atoms with Gasteiger partial charge in [0.25, 0.3) is 0 Å². The minimum absolute atomic E-state index is 0.0732. The van der Waals surface area contributed by atoms with Crippen LogP contribution in [0.1, 0.15) is 36.3 Å². The highest BCUT2D eigenvalue weighted by Gasteiger charge is 2.18. The Morgan fingerprint density at radius 3 is 2.67 bits per heavy atom. The SMILES string of the molecule is CC(C)CCNC(=O)Cc1c(C(=O)O)[nH]c2ccccc12. The van der Waals surface area contributed by atoms with Gasteiger partial charge in [0.15, 0.2) is 0 Å². The van der Waals surface area contributed by atoms with Gasteiger partial charge in [-0.25, -0.2) is 4.79 Å². The normalized spacial score (nSPS) is 11.0. The molecule has 0 aliphatic heterocycles. The smallest absolute Gasteiger partial charge is 0.352 e. The Hall–Kier alpha value is -2.30. The topological polar surface area (TPSA) is 82.2 Å². The van der Waals surface area contributed by atoms with Gasteiger partial charge >= 0.3 is 5.97 Å². The molecule has 0 bridgehead atoms. The molecule has 0 saturated carbocycles. The average Bonchev–Trinajstić information content (AvgIpc) is 2.77. The summed E-state index contributed by atoms with van der Waals surface area (Å²) in [6, 6.07) is 7.30. The molecule has 0 saturated heterocycles. The molecule has 0 radical (unpaired) electrons. The van der Waals surface area contributed by atoms with Crippen molar-refractivity contribution in [1.82, 2.24) is 10.3 Å². The predicted molar refractivity (Wildman–Crippen MR) is 81.4 cm³/mol. The Balaban J connectivity index is 2.18. The second-order valence-electron chi connectivity index (χ2n) is 5.54. The number of carboxylic acid groups (broad SMARTS) is 1. The van der Waals surface area contributed by atoms with Crippen molar-refractivity contribution >= 4 is 22.8 Å². The van der Waals surface area contributed by atoms with Crippen LogP contribution in [0.3, 0.4) is 0 Å². The number of para-hydroxylation sites is 1. The van der Waals surface area contributed by atoms with Crippen LogP contribution in [0.2, 0.25) is 0 Å². The van der Waals surface area contributed by atoms with E-state index < -0.39 is 5.97 Å². The minimum atomic E-state index is -1.05. The van der Waals surface area contributed by atoms with Gasteiger partial charge in [-0.15, -0.1) is 0 Å². The summed E-state index contributed by atoms with van der Waals surface area (Å²) in [4.78, 5) is 26.2. The number of H-pyrrole nitrogens is 1. The zero-order valence-corrected chi connectivity index (χ0v) is 12.3. The number of carbonyl (C=O) groups is 2. The maximum Gasteiger partial charge on any atom is 0.352 e. The molecule has 1 heterocycles. The zero-order chi connectivity index (χ0) is 15.4. The molecule has 1 amide bonds. The van der Waals surface area contributed by atoms with Crippen molar-refractivity contribution in [3.05, 3.63) is 35.5 Å². The Kier molecular flexibility index (Phi) is 4.62. The van der Waals surface area contributed by atoms with Crippen LogP contribution >= 0.6 is 0 Å². The first-order chi connectivity index (χ1) is 9.99. The van der Waals surface area contributed by atoms with Gasteiger partial charge in [-0.2, -0.15) is 0 Å². The Bertz CT molecular complexity index is 659. The molecule has 0 fully saturated rings. The van der Waals surface area contributed by atoms with Crippen LogP contribution in [0.5, 0.6) is 0 Å². The number of amides is 1. The largest absolute Gasteiger partial charge is 0.477 e. The predicted octanol–water partition coefficient (Wildman–Crippen LogP) is 2.57. The molecule has 5 nitrogen and oxygen atoms in total. The Morgan fingerprint density at radius 1 is 1.29 bits per heavy atom. The van der Waals surface area contributed by atoms with E-state index in [4.69, 9.17) is 0 Å². The number of hydrogen-bond donors (Lipinski definition) is 3. The molecule has 0 spiro atoms. The molecular weight excluding hydrogens is 268 g/mol. The van der Waals surface area contributed by atoms with Gasteiger partial charge in [-0.05, 0) is 18.4 Å². The quantitative estimate of drug-likeness (QED) is 0.764. The van der Waals surface area contributed by atoms with Crippen LogP contribution in [0, 0.1) is 5.92 Å². The first kappa shape index (κ1) is 15.1. The van der Waals surface area contributed by atoms with Crippen LogP contribution in [0.15, 0.2) is 24.3 Å². The highest BCUT2D eigenvalue weighted by atomic mass is 16.4. The van der Waals surface area contributed by atoms with Crippen molar-refractivity contribution in [3.8, 4) is 0 Å². The number of aromatic carboxylic acids is 1. The first-order valence-electron chi connectivity index (χ1n) is 7.08. The summed E-state index contributed by atoms with van der Waals surface area (Å²) in [6.45, 7) is 4.80. The molecule has 2 aromatic rings. The number of aromatic nitrogens is 1. The van der Waals surface area contributed by atoms with Gasteiger partial charge < -0.3 is 15.4 Å². The van der Waals surface area contributed by atoms with E-state index in [2.05, 4.69) is 24.1 Å². The molecule has 0 aliphatic rings. The second-order valence-corrected chi connectivity index (χ2v) is 5.54. The molecule has 1 aromatic carbocycles. The van der Waals surface area contributed by atoms with E-state index in [0.717, 1.165) is 17.3 Å². The van der Waals surface area contributed by atoms with E-state index in [0.29, 0.717) is 18.0 Å². The van der Waals surface area contributed by atoms with Gasteiger partial charge in [0.05, 0.1) is 6.42 Å². The lowest BCUT2D eigenvalue weighted by molar-refractivity contribution is -0.120. The second kappa shape index (κ2) is 6.43. The molecule has 3 N–H and O–H groups in total. The van der Waals surface area contributed by atoms with E-state index in [1.165, 1.54) is 0 Å². The summed E-state index contributed by atoms with van der Waals surface area (Å²) in [6.07, 6.45) is 0.981. The summed E-state index contributed by atoms with van der Waals surface area (Å²) in [5.41, 5.74) is 1.37. The summed E-state index contributed by atoms with van der Waals surface area (Å²) in [7, 11) is 0. The van der Waals surface area contributed by atoms with Crippen LogP contribution in [-0.2, 0) is 11.2 Å². The number of carboxylic acids is 1. The van der Waals surface area contributed by atoms with E-state index in [1.807, 2.05) is 24.3 Å². The Labute approximate surface area is 123 Å². The molecule has 21 heavy (non-hydrogen) atoms. The van der Waals surface area contributed by atoms with Crippen molar-refractivity contribution in [1.29, 1.82) is 0 Å². The highest BCUT2D eigenvalue weighted by Crippen LogP contribution is 2.23. The van der Waals surface area contributed by atoms with Crippen LogP contribution < -0.4 is 5.32 Å². The monoisotopic (exact) mass is 288 g/mol. The molecule has 5 heteroatoms. The summed E-state index contributed by atoms with van der Waals surface area (Å²) >= 11 is 0. The van der Waals surface area contributed by atoms with Crippen molar-refractivity contribution in [2.75, 3.05) is 6.54 Å². The third-order valence-electron chi connectivity index (χ3n) is 3.41. The minimum Gasteiger partial charge on any atom is -0.477 e. The van der Waals surface area contributed by atoms with Crippen LogP contribution in [0.4, 0.5) is 0 Å². The molecule has 1 aromatic heterocycles. The summed E-state index contributed by atoms with van der Waals surface area (Å²) < 4.78 is 0. The van der Waals surface area contributed by atoms with E-state index in [-0.39, 0.29) is 18.0 Å². The highest BCUT2D eigenvalue weighted by molar-refractivity contribution is 5.99. The first-order valence-corrected chi connectivity index (χ1v) is 7.08. The fraction of sp³-hybridized carbons (Fsp3) is 0.375. The lowest BCUT2D eigenvalue weighted by Gasteiger charge is -2.07. The molecular formula is C16H20N2O3. The lowest BCUT2D eigenvalue weighted by Crippen LogP contribution is -2.27. The number of nitrogens with one attached hydrogen (secondary N) is 2. The number of benzene rings is 1. The fourth-order valence-corrected chi connectivity index (χ4v) is 2.29. The standard InChI is InChI=1S/C16H20N2O3/c1-10(2)7-8-17-14(19)9-12-11-5-3-4-6-13(11)18-15(12)16(20)21/h3-6,10,18H,7-9H2,1-2H3,(H,17,19)(H,20,21). The van der Waals surface area contributed by atoms with Gasteiger partial charge in [-0.1, -0.05) is 32.0 Å². The molecule has 112 valence electrons. The van der Waals surface area contributed by atoms with E-state index in [9.17, 15) is 14.7 Å². The van der Waals surface area contributed by atoms with Crippen LogP contribution in [0.25, 0.3) is 10.9 Å². The summed E-state index contributed by atoms with van der Waals surface area (Å²) in [5, 5.41) is 12.9. The Morgan fingerprint density at radius 2 is 2.00 bits per heavy atom. The van der Waals surface area contributed by atoms with Crippen LogP contribution in [-0.4, -0.2) is 28.5 Å². The number of carbonyl (C=O) groups excluding carboxylic acids is 1. The van der Waals surface area contributed by atoms with Crippen molar-refractivity contribution in [2.24, 2.45) is 5.92 Å². The molecule has 0 aliphatic carbocycles. The molecule has 0 atom stereocenters. The zero-order valence-electron chi connectivity index (χ0n) is 12.3. The maximum absolute atomic E-state index is 12.0.